The van der Waals surface area contributed by atoms with Crippen LogP contribution in [0.5, 0.6) is 0 Å². The highest BCUT2D eigenvalue weighted by molar-refractivity contribution is 6.33. The van der Waals surface area contributed by atoms with Crippen molar-refractivity contribution in [2.24, 2.45) is 23.7 Å². The topological polar surface area (TPSA) is 80.5 Å². The van der Waals surface area contributed by atoms with Crippen LogP contribution in [-0.2, 0) is 9.59 Å². The van der Waals surface area contributed by atoms with Gasteiger partial charge in [0.2, 0.25) is 11.8 Å². The zero-order valence-electron chi connectivity index (χ0n) is 13.6. The van der Waals surface area contributed by atoms with Crippen LogP contribution in [-0.4, -0.2) is 16.7 Å². The van der Waals surface area contributed by atoms with E-state index >= 15 is 0 Å². The minimum atomic E-state index is -0.621. The molecule has 0 aromatic heterocycles. The molecule has 1 saturated carbocycles. The average Bonchev–Trinajstić information content (AvgIpc) is 3.18. The number of rotatable bonds is 2. The lowest BCUT2D eigenvalue weighted by Gasteiger charge is -2.19. The number of amides is 2. The van der Waals surface area contributed by atoms with Gasteiger partial charge in [-0.15, -0.1) is 0 Å². The fourth-order valence-corrected chi connectivity index (χ4v) is 4.65. The molecule has 1 heterocycles. The highest BCUT2D eigenvalue weighted by atomic mass is 35.5. The van der Waals surface area contributed by atoms with Crippen molar-refractivity contribution in [3.8, 4) is 0 Å². The molecule has 0 unspecified atom stereocenters. The third-order valence-corrected chi connectivity index (χ3v) is 5.70. The number of hydrogen-bond acceptors (Lipinski definition) is 4. The van der Waals surface area contributed by atoms with E-state index in [0.29, 0.717) is 0 Å². The van der Waals surface area contributed by atoms with Gasteiger partial charge in [0.25, 0.3) is 5.69 Å². The number of nitrogens with zero attached hydrogens (tertiary/aromatic N) is 2. The van der Waals surface area contributed by atoms with Gasteiger partial charge in [0.05, 0.1) is 22.4 Å². The van der Waals surface area contributed by atoms with Gasteiger partial charge >= 0.3 is 0 Å². The molecule has 3 aliphatic rings. The first-order valence-corrected chi connectivity index (χ1v) is 8.38. The van der Waals surface area contributed by atoms with Crippen LogP contribution in [0.1, 0.15) is 13.8 Å². The second-order valence-corrected chi connectivity index (χ2v) is 7.26. The van der Waals surface area contributed by atoms with Crippen LogP contribution in [0.25, 0.3) is 0 Å². The molecule has 2 amide bonds. The lowest BCUT2D eigenvalue weighted by Crippen LogP contribution is -2.33. The van der Waals surface area contributed by atoms with Crippen LogP contribution in [0.15, 0.2) is 41.5 Å². The van der Waals surface area contributed by atoms with Gasteiger partial charge in [-0.3, -0.25) is 19.7 Å². The van der Waals surface area contributed by atoms with E-state index in [-0.39, 0.29) is 40.0 Å². The molecule has 0 N–H and O–H groups in total. The molecule has 1 aromatic carbocycles. The SMILES string of the molecule is CC(C)=C1[C@H]2C=C[C@H]1[C@H]1C(=O)N(c3ccc(Cl)c([N+](=O)[O-])c3)C(=O)[C@H]12. The first kappa shape index (κ1) is 16.0. The van der Waals surface area contributed by atoms with Crippen LogP contribution >= 0.6 is 11.6 Å². The van der Waals surface area contributed by atoms with Crippen molar-refractivity contribution in [2.45, 2.75) is 13.8 Å². The maximum absolute atomic E-state index is 13.0. The minimum Gasteiger partial charge on any atom is -0.274 e. The number of halogens is 1. The van der Waals surface area contributed by atoms with Crippen LogP contribution in [0.3, 0.4) is 0 Å². The summed E-state index contributed by atoms with van der Waals surface area (Å²) in [6.07, 6.45) is 4.01. The predicted octanol–water partition coefficient (Wildman–Crippen LogP) is 3.51. The van der Waals surface area contributed by atoms with Crippen LogP contribution in [0, 0.1) is 33.8 Å². The van der Waals surface area contributed by atoms with E-state index in [1.54, 1.807) is 0 Å². The lowest BCUT2D eigenvalue weighted by molar-refractivity contribution is -0.384. The van der Waals surface area contributed by atoms with Crippen molar-refractivity contribution in [1.82, 2.24) is 0 Å². The Labute approximate surface area is 148 Å². The molecule has 2 aliphatic carbocycles. The van der Waals surface area contributed by atoms with E-state index in [4.69, 9.17) is 11.6 Å². The second kappa shape index (κ2) is 5.26. The molecule has 4 atom stereocenters. The van der Waals surface area contributed by atoms with Gasteiger partial charge in [0.15, 0.2) is 0 Å². The molecule has 1 saturated heterocycles. The number of carbonyl (C=O) groups excluding carboxylic acids is 2. The number of allylic oxidation sites excluding steroid dienone is 4. The summed E-state index contributed by atoms with van der Waals surface area (Å²) in [6, 6.07) is 4.01. The Morgan fingerprint density at radius 1 is 1.12 bits per heavy atom. The summed E-state index contributed by atoms with van der Waals surface area (Å²) in [5.41, 5.74) is 2.20. The lowest BCUT2D eigenvalue weighted by atomic mass is 9.85. The Morgan fingerprint density at radius 2 is 1.68 bits per heavy atom. The van der Waals surface area contributed by atoms with Gasteiger partial charge < -0.3 is 0 Å². The van der Waals surface area contributed by atoms with Gasteiger partial charge in [-0.05, 0) is 26.0 Å². The quantitative estimate of drug-likeness (QED) is 0.350. The number of carbonyl (C=O) groups is 2. The van der Waals surface area contributed by atoms with Gasteiger partial charge in [-0.25, -0.2) is 4.90 Å². The summed E-state index contributed by atoms with van der Waals surface area (Å²) in [5, 5.41) is 11.1. The number of imide groups is 1. The number of hydrogen-bond donors (Lipinski definition) is 0. The Hall–Kier alpha value is -2.47. The van der Waals surface area contributed by atoms with E-state index in [0.717, 1.165) is 10.5 Å². The molecular formula is C18H15ClN2O4. The van der Waals surface area contributed by atoms with Crippen LogP contribution < -0.4 is 4.90 Å². The van der Waals surface area contributed by atoms with E-state index in [2.05, 4.69) is 0 Å². The van der Waals surface area contributed by atoms with Crippen LogP contribution in [0.4, 0.5) is 11.4 Å². The van der Waals surface area contributed by atoms with E-state index in [1.807, 2.05) is 26.0 Å². The van der Waals surface area contributed by atoms with Crippen molar-refractivity contribution >= 4 is 34.8 Å². The summed E-state index contributed by atoms with van der Waals surface area (Å²) >= 11 is 5.83. The molecular weight excluding hydrogens is 344 g/mol. The summed E-state index contributed by atoms with van der Waals surface area (Å²) < 4.78 is 0. The Morgan fingerprint density at radius 3 is 2.16 bits per heavy atom. The standard InChI is InChI=1S/C18H15ClN2O4/c1-8(2)14-10-4-5-11(14)16-15(10)17(22)20(18(16)23)9-3-6-12(19)13(7-9)21(24)25/h3-7,10-11,15-16H,1-2H3/t10-,11-,15-,16+/m1/s1. The van der Waals surface area contributed by atoms with Gasteiger partial charge in [0, 0.05) is 17.9 Å². The maximum Gasteiger partial charge on any atom is 0.289 e. The third-order valence-electron chi connectivity index (χ3n) is 5.38. The predicted molar refractivity (Wildman–Crippen MR) is 92.1 cm³/mol. The van der Waals surface area contributed by atoms with Crippen molar-refractivity contribution in [3.05, 3.63) is 56.6 Å². The number of anilines is 1. The molecule has 25 heavy (non-hydrogen) atoms. The van der Waals surface area contributed by atoms with E-state index in [9.17, 15) is 19.7 Å². The monoisotopic (exact) mass is 358 g/mol. The van der Waals surface area contributed by atoms with Gasteiger partial charge in [-0.2, -0.15) is 0 Å². The third kappa shape index (κ3) is 2.03. The first-order chi connectivity index (χ1) is 11.8. The summed E-state index contributed by atoms with van der Waals surface area (Å²) in [6.45, 7) is 4.00. The highest BCUT2D eigenvalue weighted by Gasteiger charge is 2.62. The minimum absolute atomic E-state index is 0.0263. The smallest absolute Gasteiger partial charge is 0.274 e. The zero-order valence-corrected chi connectivity index (χ0v) is 14.4. The molecule has 4 rings (SSSR count). The maximum atomic E-state index is 13.0. The van der Waals surface area contributed by atoms with E-state index < -0.39 is 16.8 Å². The summed E-state index contributed by atoms with van der Waals surface area (Å²) in [5.74, 6) is -1.51. The Balaban J connectivity index is 1.76. The van der Waals surface area contributed by atoms with Gasteiger partial charge in [-0.1, -0.05) is 34.9 Å². The number of fused-ring (bicyclic) bond motifs is 5. The molecule has 2 bridgehead atoms. The van der Waals surface area contributed by atoms with Crippen molar-refractivity contribution < 1.29 is 14.5 Å². The molecule has 0 spiro atoms. The molecule has 7 heteroatoms. The van der Waals surface area contributed by atoms with E-state index in [1.165, 1.54) is 23.8 Å². The number of nitro benzene ring substituents is 1. The normalized spacial score (nSPS) is 29.6. The fraction of sp³-hybridized carbons (Fsp3) is 0.333. The molecule has 1 aliphatic heterocycles. The van der Waals surface area contributed by atoms with Crippen molar-refractivity contribution in [1.29, 1.82) is 0 Å². The molecule has 0 radical (unpaired) electrons. The second-order valence-electron chi connectivity index (χ2n) is 6.85. The molecule has 6 nitrogen and oxygen atoms in total. The Bertz CT molecular complexity index is 866. The summed E-state index contributed by atoms with van der Waals surface area (Å²) in [4.78, 5) is 37.5. The number of nitro groups is 1. The first-order valence-electron chi connectivity index (χ1n) is 8.00. The zero-order chi connectivity index (χ0) is 18.0. The average molecular weight is 359 g/mol. The molecule has 2 fully saturated rings. The molecule has 128 valence electrons. The highest BCUT2D eigenvalue weighted by Crippen LogP contribution is 2.57. The number of benzene rings is 1. The fourth-order valence-electron chi connectivity index (χ4n) is 4.46. The van der Waals surface area contributed by atoms with Crippen molar-refractivity contribution in [2.75, 3.05) is 4.90 Å². The Kier molecular flexibility index (Phi) is 3.37. The summed E-state index contributed by atoms with van der Waals surface area (Å²) in [7, 11) is 0. The molecule has 1 aromatic rings. The largest absolute Gasteiger partial charge is 0.289 e. The van der Waals surface area contributed by atoms with Crippen molar-refractivity contribution in [3.63, 3.8) is 0 Å². The van der Waals surface area contributed by atoms with Gasteiger partial charge in [0.1, 0.15) is 5.02 Å². The van der Waals surface area contributed by atoms with Crippen LogP contribution in [0.2, 0.25) is 5.02 Å².